The number of ether oxygens (including phenoxy) is 2. The Morgan fingerprint density at radius 3 is 2.88 bits per heavy atom. The standard InChI is InChI=1S/C20H22N2O3S/c1-14-21-16(12-26-14)7-9-20(23)22(17-4-2-3-5-17)11-15-6-8-18-19(10-15)25-13-24-18/h6-10,12,17H,2-5,11,13H2,1H3/b9-7+. The number of aromatic nitrogens is 1. The van der Waals surface area contributed by atoms with Crippen molar-refractivity contribution in [2.75, 3.05) is 6.79 Å². The Bertz CT molecular complexity index is 824. The van der Waals surface area contributed by atoms with Crippen molar-refractivity contribution in [2.24, 2.45) is 0 Å². The van der Waals surface area contributed by atoms with Gasteiger partial charge in [-0.15, -0.1) is 11.3 Å². The largest absolute Gasteiger partial charge is 0.454 e. The summed E-state index contributed by atoms with van der Waals surface area (Å²) in [7, 11) is 0. The molecule has 2 heterocycles. The minimum absolute atomic E-state index is 0.0419. The Balaban J connectivity index is 1.52. The lowest BCUT2D eigenvalue weighted by atomic mass is 10.1. The van der Waals surface area contributed by atoms with E-state index in [1.165, 1.54) is 12.8 Å². The van der Waals surface area contributed by atoms with E-state index in [0.717, 1.165) is 40.6 Å². The second kappa shape index (κ2) is 7.50. The lowest BCUT2D eigenvalue weighted by Gasteiger charge is -2.28. The highest BCUT2D eigenvalue weighted by atomic mass is 32.1. The summed E-state index contributed by atoms with van der Waals surface area (Å²) in [5, 5.41) is 2.97. The van der Waals surface area contributed by atoms with Crippen molar-refractivity contribution in [3.8, 4) is 11.5 Å². The molecular weight excluding hydrogens is 348 g/mol. The number of amides is 1. The van der Waals surface area contributed by atoms with E-state index in [4.69, 9.17) is 9.47 Å². The maximum Gasteiger partial charge on any atom is 0.247 e. The van der Waals surface area contributed by atoms with E-state index >= 15 is 0 Å². The number of rotatable bonds is 5. The fourth-order valence-electron chi connectivity index (χ4n) is 3.55. The lowest BCUT2D eigenvalue weighted by Crippen LogP contribution is -2.37. The predicted molar refractivity (Wildman–Crippen MR) is 101 cm³/mol. The third kappa shape index (κ3) is 3.75. The van der Waals surface area contributed by atoms with Crippen LogP contribution in [-0.4, -0.2) is 28.6 Å². The van der Waals surface area contributed by atoms with Gasteiger partial charge in [-0.2, -0.15) is 0 Å². The first kappa shape index (κ1) is 17.1. The molecule has 1 aromatic carbocycles. The molecule has 0 atom stereocenters. The van der Waals surface area contributed by atoms with Gasteiger partial charge in [0.05, 0.1) is 10.7 Å². The van der Waals surface area contributed by atoms with Crippen LogP contribution >= 0.6 is 11.3 Å². The van der Waals surface area contributed by atoms with Crippen LogP contribution < -0.4 is 9.47 Å². The first-order valence-electron chi connectivity index (χ1n) is 8.98. The van der Waals surface area contributed by atoms with Gasteiger partial charge in [-0.05, 0) is 43.5 Å². The molecule has 1 aliphatic heterocycles. The van der Waals surface area contributed by atoms with Gasteiger partial charge in [-0.25, -0.2) is 4.98 Å². The number of hydrogen-bond acceptors (Lipinski definition) is 5. The van der Waals surface area contributed by atoms with Gasteiger partial charge in [0, 0.05) is 24.0 Å². The summed E-state index contributed by atoms with van der Waals surface area (Å²) in [6, 6.07) is 6.21. The molecule has 5 nitrogen and oxygen atoms in total. The highest BCUT2D eigenvalue weighted by Gasteiger charge is 2.26. The maximum atomic E-state index is 12.9. The second-order valence-corrected chi connectivity index (χ2v) is 7.78. The molecule has 1 fully saturated rings. The SMILES string of the molecule is Cc1nc(/C=C/C(=O)N(Cc2ccc3c(c2)OCO3)C2CCCC2)cs1. The number of carbonyl (C=O) groups excluding carboxylic acids is 1. The Morgan fingerprint density at radius 2 is 2.12 bits per heavy atom. The van der Waals surface area contributed by atoms with Crippen molar-refractivity contribution in [1.29, 1.82) is 0 Å². The van der Waals surface area contributed by atoms with Crippen molar-refractivity contribution >= 4 is 23.3 Å². The van der Waals surface area contributed by atoms with Crippen LogP contribution in [0, 0.1) is 6.92 Å². The van der Waals surface area contributed by atoms with Gasteiger partial charge in [0.15, 0.2) is 11.5 Å². The molecule has 2 aromatic rings. The Morgan fingerprint density at radius 1 is 1.31 bits per heavy atom. The zero-order valence-corrected chi connectivity index (χ0v) is 15.6. The number of nitrogens with zero attached hydrogens (tertiary/aromatic N) is 2. The van der Waals surface area contributed by atoms with Gasteiger partial charge in [0.2, 0.25) is 12.7 Å². The van der Waals surface area contributed by atoms with E-state index in [2.05, 4.69) is 4.98 Å². The highest BCUT2D eigenvalue weighted by Crippen LogP contribution is 2.33. The molecule has 1 aliphatic carbocycles. The Hall–Kier alpha value is -2.34. The van der Waals surface area contributed by atoms with Gasteiger partial charge >= 0.3 is 0 Å². The van der Waals surface area contributed by atoms with Gasteiger partial charge in [-0.3, -0.25) is 4.79 Å². The molecule has 4 rings (SSSR count). The van der Waals surface area contributed by atoms with Crippen molar-refractivity contribution < 1.29 is 14.3 Å². The molecule has 0 unspecified atom stereocenters. The summed E-state index contributed by atoms with van der Waals surface area (Å²) in [5.74, 6) is 1.57. The van der Waals surface area contributed by atoms with E-state index < -0.39 is 0 Å². The van der Waals surface area contributed by atoms with Crippen LogP contribution in [0.3, 0.4) is 0 Å². The van der Waals surface area contributed by atoms with Crippen LogP contribution in [0.15, 0.2) is 29.7 Å². The van der Waals surface area contributed by atoms with Crippen molar-refractivity contribution in [3.63, 3.8) is 0 Å². The van der Waals surface area contributed by atoms with E-state index in [1.54, 1.807) is 17.4 Å². The number of carbonyl (C=O) groups is 1. The average Bonchev–Trinajstić information content (AvgIpc) is 3.38. The fourth-order valence-corrected chi connectivity index (χ4v) is 4.13. The quantitative estimate of drug-likeness (QED) is 0.742. The Kier molecular flexibility index (Phi) is 4.93. The predicted octanol–water partition coefficient (Wildman–Crippen LogP) is 4.16. The van der Waals surface area contributed by atoms with Crippen LogP contribution in [0.2, 0.25) is 0 Å². The first-order valence-corrected chi connectivity index (χ1v) is 9.86. The third-order valence-corrected chi connectivity index (χ3v) is 5.66. The molecule has 1 aromatic heterocycles. The van der Waals surface area contributed by atoms with Gasteiger partial charge in [0.25, 0.3) is 0 Å². The molecule has 1 saturated carbocycles. The third-order valence-electron chi connectivity index (χ3n) is 4.87. The first-order chi connectivity index (χ1) is 12.7. The minimum Gasteiger partial charge on any atom is -0.454 e. The number of hydrogen-bond donors (Lipinski definition) is 0. The van der Waals surface area contributed by atoms with Gasteiger partial charge in [0.1, 0.15) is 0 Å². The molecular formula is C20H22N2O3S. The van der Waals surface area contributed by atoms with Crippen LogP contribution in [0.25, 0.3) is 6.08 Å². The summed E-state index contributed by atoms with van der Waals surface area (Å²) in [6.07, 6.45) is 7.97. The number of aryl methyl sites for hydroxylation is 1. The van der Waals surface area contributed by atoms with Crippen LogP contribution in [-0.2, 0) is 11.3 Å². The number of fused-ring (bicyclic) bond motifs is 1. The molecule has 2 aliphatic rings. The zero-order chi connectivity index (χ0) is 17.9. The molecule has 6 heteroatoms. The smallest absolute Gasteiger partial charge is 0.247 e. The maximum absolute atomic E-state index is 12.9. The van der Waals surface area contributed by atoms with Crippen molar-refractivity contribution in [3.05, 3.63) is 45.9 Å². The molecule has 136 valence electrons. The lowest BCUT2D eigenvalue weighted by molar-refractivity contribution is -0.128. The summed E-state index contributed by atoms with van der Waals surface area (Å²) in [6.45, 7) is 2.81. The van der Waals surface area contributed by atoms with E-state index in [-0.39, 0.29) is 12.7 Å². The summed E-state index contributed by atoms with van der Waals surface area (Å²) < 4.78 is 10.8. The molecule has 0 saturated heterocycles. The molecule has 0 bridgehead atoms. The second-order valence-electron chi connectivity index (χ2n) is 6.72. The zero-order valence-electron chi connectivity index (χ0n) is 14.8. The van der Waals surface area contributed by atoms with E-state index in [1.807, 2.05) is 41.5 Å². The van der Waals surface area contributed by atoms with Crippen LogP contribution in [0.4, 0.5) is 0 Å². The molecule has 0 N–H and O–H groups in total. The fraction of sp³-hybridized carbons (Fsp3) is 0.400. The average molecular weight is 370 g/mol. The Labute approximate surface area is 157 Å². The summed E-state index contributed by atoms with van der Waals surface area (Å²) in [5.41, 5.74) is 1.91. The topological polar surface area (TPSA) is 51.7 Å². The molecule has 0 radical (unpaired) electrons. The summed E-state index contributed by atoms with van der Waals surface area (Å²) >= 11 is 1.59. The molecule has 1 amide bonds. The van der Waals surface area contributed by atoms with Crippen LogP contribution in [0.1, 0.15) is 41.9 Å². The van der Waals surface area contributed by atoms with Gasteiger partial charge < -0.3 is 14.4 Å². The summed E-state index contributed by atoms with van der Waals surface area (Å²) in [4.78, 5) is 19.3. The highest BCUT2D eigenvalue weighted by molar-refractivity contribution is 7.09. The normalized spacial score (nSPS) is 16.5. The van der Waals surface area contributed by atoms with Crippen molar-refractivity contribution in [1.82, 2.24) is 9.88 Å². The molecule has 26 heavy (non-hydrogen) atoms. The van der Waals surface area contributed by atoms with Crippen molar-refractivity contribution in [2.45, 2.75) is 45.2 Å². The molecule has 0 spiro atoms. The number of benzene rings is 1. The van der Waals surface area contributed by atoms with E-state index in [0.29, 0.717) is 12.6 Å². The monoisotopic (exact) mass is 370 g/mol. The van der Waals surface area contributed by atoms with Crippen LogP contribution in [0.5, 0.6) is 11.5 Å². The van der Waals surface area contributed by atoms with E-state index in [9.17, 15) is 4.79 Å². The van der Waals surface area contributed by atoms with Gasteiger partial charge in [-0.1, -0.05) is 18.9 Å². The minimum atomic E-state index is 0.0419. The number of thiazole rings is 1.